The first-order valence-corrected chi connectivity index (χ1v) is 8.82. The Bertz CT molecular complexity index is 576. The molecule has 0 spiro atoms. The smallest absolute Gasteiger partial charge is 0.244 e. The molecule has 1 aromatic heterocycles. The van der Waals surface area contributed by atoms with E-state index in [1.165, 1.54) is 6.20 Å². The largest absolute Gasteiger partial charge is 0.384 e. The van der Waals surface area contributed by atoms with Crippen LogP contribution in [0.5, 0.6) is 0 Å². The molecule has 0 saturated carbocycles. The number of hydrogen-bond acceptors (Lipinski definition) is 5. The maximum atomic E-state index is 12.6. The summed E-state index contributed by atoms with van der Waals surface area (Å²) in [5.74, 6) is 0. The quantitative estimate of drug-likeness (QED) is 0.856. The number of nitrogens with one attached hydrogen (secondary N) is 2. The van der Waals surface area contributed by atoms with Crippen molar-refractivity contribution < 1.29 is 8.42 Å². The van der Waals surface area contributed by atoms with E-state index in [1.54, 1.807) is 12.3 Å². The van der Waals surface area contributed by atoms with Gasteiger partial charge in [-0.05, 0) is 46.3 Å². The zero-order chi connectivity index (χ0) is 15.5. The molecule has 2 heterocycles. The second-order valence-electron chi connectivity index (χ2n) is 5.57. The number of pyridine rings is 1. The Morgan fingerprint density at radius 1 is 1.48 bits per heavy atom. The van der Waals surface area contributed by atoms with Crippen LogP contribution in [-0.4, -0.2) is 50.5 Å². The number of rotatable bonds is 5. The van der Waals surface area contributed by atoms with Gasteiger partial charge in [-0.3, -0.25) is 4.98 Å². The van der Waals surface area contributed by atoms with E-state index in [-0.39, 0.29) is 10.9 Å². The first-order chi connectivity index (χ1) is 9.94. The van der Waals surface area contributed by atoms with Gasteiger partial charge in [-0.1, -0.05) is 0 Å². The van der Waals surface area contributed by atoms with Crippen molar-refractivity contribution in [1.82, 2.24) is 14.6 Å². The third-order valence-electron chi connectivity index (χ3n) is 3.97. The molecular weight excluding hydrogens is 288 g/mol. The van der Waals surface area contributed by atoms with Gasteiger partial charge in [-0.15, -0.1) is 0 Å². The summed E-state index contributed by atoms with van der Waals surface area (Å²) in [6.07, 6.45) is 4.65. The zero-order valence-corrected chi connectivity index (χ0v) is 13.7. The lowest BCUT2D eigenvalue weighted by atomic mass is 10.0. The molecule has 1 fully saturated rings. The molecule has 6 nitrogen and oxygen atoms in total. The monoisotopic (exact) mass is 312 g/mol. The number of anilines is 1. The molecule has 118 valence electrons. The second-order valence-corrected chi connectivity index (χ2v) is 7.26. The molecule has 1 aliphatic heterocycles. The van der Waals surface area contributed by atoms with Crippen molar-refractivity contribution in [2.75, 3.05) is 25.5 Å². The highest BCUT2D eigenvalue weighted by molar-refractivity contribution is 7.89. The van der Waals surface area contributed by atoms with Gasteiger partial charge in [0.2, 0.25) is 10.0 Å². The Balaban J connectivity index is 2.15. The molecule has 0 amide bonds. The number of aromatic nitrogens is 1. The van der Waals surface area contributed by atoms with Crippen LogP contribution < -0.4 is 10.0 Å². The summed E-state index contributed by atoms with van der Waals surface area (Å²) in [5, 5.41) is 3.07. The molecule has 7 heteroatoms. The lowest BCUT2D eigenvalue weighted by molar-refractivity contribution is 0.178. The minimum absolute atomic E-state index is 0.0177. The summed E-state index contributed by atoms with van der Waals surface area (Å²) < 4.78 is 28.0. The molecule has 2 unspecified atom stereocenters. The van der Waals surface area contributed by atoms with Crippen LogP contribution in [-0.2, 0) is 10.0 Å². The van der Waals surface area contributed by atoms with Crippen molar-refractivity contribution in [2.24, 2.45) is 0 Å². The van der Waals surface area contributed by atoms with Gasteiger partial charge in [-0.25, -0.2) is 13.1 Å². The Labute approximate surface area is 127 Å². The second kappa shape index (κ2) is 6.72. The molecule has 2 N–H and O–H groups in total. The number of hydrogen-bond donors (Lipinski definition) is 2. The van der Waals surface area contributed by atoms with Crippen LogP contribution >= 0.6 is 0 Å². The number of nitrogens with zero attached hydrogens (tertiary/aromatic N) is 2. The zero-order valence-electron chi connectivity index (χ0n) is 12.8. The Morgan fingerprint density at radius 3 is 2.90 bits per heavy atom. The molecule has 0 aromatic carbocycles. The highest BCUT2D eigenvalue weighted by Crippen LogP contribution is 2.22. The van der Waals surface area contributed by atoms with Crippen LogP contribution in [0.2, 0.25) is 0 Å². The van der Waals surface area contributed by atoms with Gasteiger partial charge in [0.25, 0.3) is 0 Å². The Morgan fingerprint density at radius 2 is 2.24 bits per heavy atom. The molecule has 2 rings (SSSR count). The van der Waals surface area contributed by atoms with Crippen molar-refractivity contribution in [2.45, 2.75) is 43.7 Å². The summed E-state index contributed by atoms with van der Waals surface area (Å²) >= 11 is 0. The van der Waals surface area contributed by atoms with Crippen LogP contribution in [0.3, 0.4) is 0 Å². The van der Waals surface area contributed by atoms with Gasteiger partial charge in [0.05, 0.1) is 5.69 Å². The summed E-state index contributed by atoms with van der Waals surface area (Å²) in [4.78, 5) is 6.42. The molecule has 1 saturated heterocycles. The average Bonchev–Trinajstić information content (AvgIpc) is 2.43. The summed E-state index contributed by atoms with van der Waals surface area (Å²) in [6.45, 7) is 5.62. The molecule has 21 heavy (non-hydrogen) atoms. The van der Waals surface area contributed by atoms with Crippen LogP contribution in [0.25, 0.3) is 0 Å². The predicted molar refractivity (Wildman–Crippen MR) is 83.8 cm³/mol. The van der Waals surface area contributed by atoms with Crippen molar-refractivity contribution in [3.8, 4) is 0 Å². The SMILES string of the molecule is CCNc1ccncc1S(=O)(=O)NC1CCN(C)C(C)C1. The molecule has 2 atom stereocenters. The van der Waals surface area contributed by atoms with Crippen molar-refractivity contribution in [3.63, 3.8) is 0 Å². The van der Waals surface area contributed by atoms with Gasteiger partial charge < -0.3 is 10.2 Å². The Hall–Kier alpha value is -1.18. The highest BCUT2D eigenvalue weighted by Gasteiger charge is 2.28. The summed E-state index contributed by atoms with van der Waals surface area (Å²) in [6, 6.07) is 2.06. The fourth-order valence-electron chi connectivity index (χ4n) is 2.61. The molecule has 1 aromatic rings. The van der Waals surface area contributed by atoms with E-state index in [2.05, 4.69) is 33.9 Å². The third kappa shape index (κ3) is 3.93. The van der Waals surface area contributed by atoms with Crippen LogP contribution in [0.15, 0.2) is 23.4 Å². The van der Waals surface area contributed by atoms with Crippen LogP contribution in [0.1, 0.15) is 26.7 Å². The third-order valence-corrected chi connectivity index (χ3v) is 5.52. The van der Waals surface area contributed by atoms with Crippen molar-refractivity contribution >= 4 is 15.7 Å². The van der Waals surface area contributed by atoms with E-state index >= 15 is 0 Å². The topological polar surface area (TPSA) is 74.3 Å². The van der Waals surface area contributed by atoms with Gasteiger partial charge in [0.1, 0.15) is 4.90 Å². The van der Waals surface area contributed by atoms with E-state index in [0.717, 1.165) is 19.4 Å². The van der Waals surface area contributed by atoms with Crippen LogP contribution in [0.4, 0.5) is 5.69 Å². The molecule has 1 aliphatic rings. The summed E-state index contributed by atoms with van der Waals surface area (Å²) in [7, 11) is -1.48. The lowest BCUT2D eigenvalue weighted by Crippen LogP contribution is -2.47. The fourth-order valence-corrected chi connectivity index (χ4v) is 4.02. The first-order valence-electron chi connectivity index (χ1n) is 7.34. The molecular formula is C14H24N4O2S. The van der Waals surface area contributed by atoms with E-state index in [0.29, 0.717) is 18.3 Å². The van der Waals surface area contributed by atoms with Crippen molar-refractivity contribution in [3.05, 3.63) is 18.5 Å². The minimum atomic E-state index is -3.55. The molecule has 0 bridgehead atoms. The number of sulfonamides is 1. The average molecular weight is 312 g/mol. The standard InChI is InChI=1S/C14H24N4O2S/c1-4-16-13-5-7-15-10-14(13)21(19,20)17-12-6-8-18(3)11(2)9-12/h5,7,10-12,17H,4,6,8-9H2,1-3H3,(H,15,16). The first kappa shape index (κ1) is 16.2. The normalized spacial score (nSPS) is 24.0. The lowest BCUT2D eigenvalue weighted by Gasteiger charge is -2.35. The van der Waals surface area contributed by atoms with E-state index in [4.69, 9.17) is 0 Å². The summed E-state index contributed by atoms with van der Waals surface area (Å²) in [5.41, 5.74) is 0.598. The van der Waals surface area contributed by atoms with Gasteiger partial charge in [0.15, 0.2) is 0 Å². The van der Waals surface area contributed by atoms with E-state index in [9.17, 15) is 8.42 Å². The highest BCUT2D eigenvalue weighted by atomic mass is 32.2. The number of likely N-dealkylation sites (tertiary alicyclic amines) is 1. The maximum absolute atomic E-state index is 12.6. The fraction of sp³-hybridized carbons (Fsp3) is 0.643. The molecule has 0 aliphatic carbocycles. The van der Waals surface area contributed by atoms with Gasteiger partial charge in [-0.2, -0.15) is 0 Å². The van der Waals surface area contributed by atoms with Gasteiger partial charge in [0, 0.05) is 31.0 Å². The minimum Gasteiger partial charge on any atom is -0.384 e. The van der Waals surface area contributed by atoms with E-state index in [1.807, 2.05) is 6.92 Å². The van der Waals surface area contributed by atoms with Crippen molar-refractivity contribution in [1.29, 1.82) is 0 Å². The van der Waals surface area contributed by atoms with Gasteiger partial charge >= 0.3 is 0 Å². The molecule has 0 radical (unpaired) electrons. The van der Waals surface area contributed by atoms with Crippen LogP contribution in [0, 0.1) is 0 Å². The predicted octanol–water partition coefficient (Wildman–Crippen LogP) is 1.27. The number of piperidine rings is 1. The Kier molecular flexibility index (Phi) is 5.18. The van der Waals surface area contributed by atoms with E-state index < -0.39 is 10.0 Å². The maximum Gasteiger partial charge on any atom is 0.244 e.